The molecule has 0 aliphatic carbocycles. The van der Waals surface area contributed by atoms with Gasteiger partial charge in [0.05, 0.1) is 31.3 Å². The molecule has 1 aromatic rings. The Morgan fingerprint density at radius 2 is 2.26 bits per heavy atom. The highest BCUT2D eigenvalue weighted by atomic mass is 35.5. The number of hydrogen-bond acceptors (Lipinski definition) is 1. The predicted octanol–water partition coefficient (Wildman–Crippen LogP) is 2.73. The first kappa shape index (κ1) is 14.7. The molecule has 2 nitrogen and oxygen atoms in total. The Hall–Kier alpha value is -0.730. The Kier molecular flexibility index (Phi) is 5.53. The second-order valence-corrected chi connectivity index (χ2v) is 6.24. The standard InChI is InChI=1S/C16H24ClNO/c1-13-6-7-15(17)16(11-13)19-10-4-9-18-8-3-5-14(2)12-18/h6-7,11,14H,3-5,8-10,12H2,1-2H3/p+1/t14-/m1/s1. The summed E-state index contributed by atoms with van der Waals surface area (Å²) in [7, 11) is 0. The minimum absolute atomic E-state index is 0.713. The third-order valence-corrected chi connectivity index (χ3v) is 4.20. The lowest BCUT2D eigenvalue weighted by Crippen LogP contribution is -3.13. The van der Waals surface area contributed by atoms with Crippen molar-refractivity contribution in [2.24, 2.45) is 5.92 Å². The molecule has 19 heavy (non-hydrogen) atoms. The van der Waals surface area contributed by atoms with Crippen molar-refractivity contribution in [3.05, 3.63) is 28.8 Å². The molecule has 1 heterocycles. The molecular weight excluding hydrogens is 258 g/mol. The van der Waals surface area contributed by atoms with Crippen molar-refractivity contribution in [1.29, 1.82) is 0 Å². The molecule has 1 aliphatic rings. The smallest absolute Gasteiger partial charge is 0.138 e. The Morgan fingerprint density at radius 3 is 3.05 bits per heavy atom. The molecule has 1 fully saturated rings. The number of benzene rings is 1. The summed E-state index contributed by atoms with van der Waals surface area (Å²) < 4.78 is 5.79. The van der Waals surface area contributed by atoms with Gasteiger partial charge in [-0.25, -0.2) is 0 Å². The van der Waals surface area contributed by atoms with Crippen LogP contribution in [0, 0.1) is 12.8 Å². The Morgan fingerprint density at radius 1 is 1.42 bits per heavy atom. The first-order valence-electron chi connectivity index (χ1n) is 7.37. The largest absolute Gasteiger partial charge is 0.492 e. The van der Waals surface area contributed by atoms with Crippen LogP contribution in [0.15, 0.2) is 18.2 Å². The number of rotatable bonds is 5. The third-order valence-electron chi connectivity index (χ3n) is 3.88. The van der Waals surface area contributed by atoms with Crippen LogP contribution in [-0.2, 0) is 0 Å². The normalized spacial score (nSPS) is 23.3. The maximum absolute atomic E-state index is 6.11. The summed E-state index contributed by atoms with van der Waals surface area (Å²) in [5, 5.41) is 0.713. The van der Waals surface area contributed by atoms with Crippen LogP contribution in [0.25, 0.3) is 0 Å². The van der Waals surface area contributed by atoms with E-state index in [2.05, 4.69) is 13.8 Å². The summed E-state index contributed by atoms with van der Waals surface area (Å²) in [5.74, 6) is 1.71. The van der Waals surface area contributed by atoms with Crippen LogP contribution in [0.4, 0.5) is 0 Å². The number of halogens is 1. The van der Waals surface area contributed by atoms with E-state index in [1.807, 2.05) is 18.2 Å². The number of quaternary nitrogens is 1. The lowest BCUT2D eigenvalue weighted by atomic mass is 10.0. The van der Waals surface area contributed by atoms with E-state index >= 15 is 0 Å². The van der Waals surface area contributed by atoms with Crippen molar-refractivity contribution in [3.8, 4) is 5.75 Å². The van der Waals surface area contributed by atoms with Crippen molar-refractivity contribution in [3.63, 3.8) is 0 Å². The molecule has 1 aliphatic heterocycles. The fourth-order valence-electron chi connectivity index (χ4n) is 2.85. The molecule has 1 aromatic carbocycles. The predicted molar refractivity (Wildman–Crippen MR) is 80.3 cm³/mol. The van der Waals surface area contributed by atoms with Crippen LogP contribution in [0.5, 0.6) is 5.75 Å². The molecule has 106 valence electrons. The lowest BCUT2D eigenvalue weighted by Gasteiger charge is -2.27. The van der Waals surface area contributed by atoms with Gasteiger partial charge in [-0.05, 0) is 37.5 Å². The molecule has 3 heteroatoms. The topological polar surface area (TPSA) is 13.7 Å². The summed E-state index contributed by atoms with van der Waals surface area (Å²) in [6.45, 7) is 9.06. The molecule has 0 spiro atoms. The van der Waals surface area contributed by atoms with E-state index in [1.54, 1.807) is 4.90 Å². The van der Waals surface area contributed by atoms with Crippen LogP contribution < -0.4 is 9.64 Å². The number of likely N-dealkylation sites (tertiary alicyclic amines) is 1. The third kappa shape index (κ3) is 4.70. The van der Waals surface area contributed by atoms with E-state index in [4.69, 9.17) is 16.3 Å². The average Bonchev–Trinajstić information content (AvgIpc) is 2.39. The summed E-state index contributed by atoms with van der Waals surface area (Å²) in [6.07, 6.45) is 3.88. The molecule has 0 bridgehead atoms. The van der Waals surface area contributed by atoms with E-state index in [0.29, 0.717) is 5.02 Å². The van der Waals surface area contributed by atoms with Gasteiger partial charge in [-0.1, -0.05) is 24.6 Å². The van der Waals surface area contributed by atoms with Gasteiger partial charge in [-0.15, -0.1) is 0 Å². The number of hydrogen-bond donors (Lipinski definition) is 1. The van der Waals surface area contributed by atoms with Gasteiger partial charge in [0.15, 0.2) is 0 Å². The number of ether oxygens (including phenoxy) is 1. The zero-order chi connectivity index (χ0) is 13.7. The lowest BCUT2D eigenvalue weighted by molar-refractivity contribution is -0.908. The zero-order valence-electron chi connectivity index (χ0n) is 12.0. The summed E-state index contributed by atoms with van der Waals surface area (Å²) in [4.78, 5) is 1.73. The van der Waals surface area contributed by atoms with Gasteiger partial charge >= 0.3 is 0 Å². The van der Waals surface area contributed by atoms with Gasteiger partial charge in [-0.3, -0.25) is 0 Å². The Balaban J connectivity index is 1.70. The number of nitrogens with one attached hydrogen (secondary N) is 1. The highest BCUT2D eigenvalue weighted by Crippen LogP contribution is 2.25. The molecular formula is C16H25ClNO+. The van der Waals surface area contributed by atoms with Gasteiger partial charge in [0.1, 0.15) is 5.75 Å². The van der Waals surface area contributed by atoms with E-state index in [0.717, 1.165) is 24.7 Å². The first-order chi connectivity index (χ1) is 9.15. The highest BCUT2D eigenvalue weighted by Gasteiger charge is 2.18. The zero-order valence-corrected chi connectivity index (χ0v) is 12.8. The highest BCUT2D eigenvalue weighted by molar-refractivity contribution is 6.32. The average molecular weight is 283 g/mol. The fourth-order valence-corrected chi connectivity index (χ4v) is 3.02. The number of aryl methyl sites for hydroxylation is 1. The van der Waals surface area contributed by atoms with Crippen LogP contribution >= 0.6 is 11.6 Å². The van der Waals surface area contributed by atoms with Crippen LogP contribution in [0.1, 0.15) is 31.7 Å². The summed E-state index contributed by atoms with van der Waals surface area (Å²) in [5.41, 5.74) is 1.19. The van der Waals surface area contributed by atoms with Crippen molar-refractivity contribution in [2.75, 3.05) is 26.2 Å². The Bertz CT molecular complexity index is 408. The minimum atomic E-state index is 0.713. The molecule has 0 amide bonds. The van der Waals surface area contributed by atoms with Crippen molar-refractivity contribution in [2.45, 2.75) is 33.1 Å². The quantitative estimate of drug-likeness (QED) is 0.820. The second kappa shape index (κ2) is 7.16. The summed E-state index contributed by atoms with van der Waals surface area (Å²) >= 11 is 6.11. The van der Waals surface area contributed by atoms with E-state index in [1.165, 1.54) is 38.0 Å². The molecule has 0 radical (unpaired) electrons. The van der Waals surface area contributed by atoms with Crippen LogP contribution in [0.2, 0.25) is 5.02 Å². The van der Waals surface area contributed by atoms with Crippen molar-refractivity contribution >= 4 is 11.6 Å². The van der Waals surface area contributed by atoms with E-state index < -0.39 is 0 Å². The van der Waals surface area contributed by atoms with E-state index in [9.17, 15) is 0 Å². The molecule has 2 atom stereocenters. The second-order valence-electron chi connectivity index (χ2n) is 5.84. The van der Waals surface area contributed by atoms with Crippen LogP contribution in [0.3, 0.4) is 0 Å². The monoisotopic (exact) mass is 282 g/mol. The molecule has 0 saturated carbocycles. The molecule has 1 N–H and O–H groups in total. The maximum atomic E-state index is 6.11. The van der Waals surface area contributed by atoms with Gasteiger partial charge in [0.2, 0.25) is 0 Å². The van der Waals surface area contributed by atoms with Gasteiger partial charge < -0.3 is 9.64 Å². The van der Waals surface area contributed by atoms with Crippen LogP contribution in [-0.4, -0.2) is 26.2 Å². The minimum Gasteiger partial charge on any atom is -0.492 e. The van der Waals surface area contributed by atoms with Gasteiger partial charge in [0.25, 0.3) is 0 Å². The SMILES string of the molecule is Cc1ccc(Cl)c(OCCC[NH+]2CCC[C@@H](C)C2)c1. The first-order valence-corrected chi connectivity index (χ1v) is 7.75. The van der Waals surface area contributed by atoms with Crippen molar-refractivity contribution < 1.29 is 9.64 Å². The van der Waals surface area contributed by atoms with E-state index in [-0.39, 0.29) is 0 Å². The van der Waals surface area contributed by atoms with Gasteiger partial charge in [-0.2, -0.15) is 0 Å². The molecule has 2 rings (SSSR count). The van der Waals surface area contributed by atoms with Crippen molar-refractivity contribution in [1.82, 2.24) is 0 Å². The molecule has 1 saturated heterocycles. The fraction of sp³-hybridized carbons (Fsp3) is 0.625. The summed E-state index contributed by atoms with van der Waals surface area (Å²) in [6, 6.07) is 5.93. The Labute approximate surface area is 121 Å². The van der Waals surface area contributed by atoms with Gasteiger partial charge in [0, 0.05) is 12.3 Å². The number of piperidine rings is 1. The molecule has 1 unspecified atom stereocenters. The molecule has 0 aromatic heterocycles. The maximum Gasteiger partial charge on any atom is 0.138 e.